The maximum absolute atomic E-state index is 11.8. The molecule has 4 aliphatic carbocycles. The number of aromatic nitrogens is 1. The third-order valence-electron chi connectivity index (χ3n) is 9.06. The van der Waals surface area contributed by atoms with Crippen LogP contribution < -0.4 is 5.73 Å². The molecule has 2 unspecified atom stereocenters. The van der Waals surface area contributed by atoms with Gasteiger partial charge in [-0.3, -0.25) is 14.7 Å². The smallest absolute Gasteiger partial charge is 0.267 e. The molecule has 2 heterocycles. The minimum atomic E-state index is -0.476. The number of likely N-dealkylation sites (tertiary alicyclic amines) is 1. The van der Waals surface area contributed by atoms with E-state index in [0.717, 1.165) is 31.5 Å². The quantitative estimate of drug-likeness (QED) is 0.807. The highest BCUT2D eigenvalue weighted by atomic mass is 16.5. The molecule has 5 nitrogen and oxygen atoms in total. The molecule has 2 N–H and O–H groups in total. The Morgan fingerprint density at radius 1 is 1.06 bits per heavy atom. The van der Waals surface area contributed by atoms with Gasteiger partial charge in [-0.15, -0.1) is 0 Å². The molecule has 0 radical (unpaired) electrons. The second kappa shape index (κ2) is 6.63. The molecular formula is C26H31N3O2. The molecule has 5 fully saturated rings. The average Bonchev–Trinajstić information content (AvgIpc) is 2.72. The average molecular weight is 418 g/mol. The molecule has 1 saturated heterocycles. The Hall–Kier alpha value is -2.24. The van der Waals surface area contributed by atoms with Crippen LogP contribution in [0.2, 0.25) is 0 Å². The predicted octanol–water partition coefficient (Wildman–Crippen LogP) is 3.63. The van der Waals surface area contributed by atoms with Crippen LogP contribution in [0, 0.1) is 11.8 Å². The number of nitrogens with two attached hydrogens (primary N) is 1. The van der Waals surface area contributed by atoms with Crippen LogP contribution in [0.25, 0.3) is 0 Å². The van der Waals surface area contributed by atoms with Crippen molar-refractivity contribution in [2.75, 3.05) is 20.2 Å². The van der Waals surface area contributed by atoms with E-state index in [4.69, 9.17) is 10.5 Å². The van der Waals surface area contributed by atoms with Gasteiger partial charge >= 0.3 is 0 Å². The van der Waals surface area contributed by atoms with Gasteiger partial charge in [0.15, 0.2) is 0 Å². The largest absolute Gasteiger partial charge is 0.373 e. The van der Waals surface area contributed by atoms with Crippen molar-refractivity contribution < 1.29 is 9.53 Å². The van der Waals surface area contributed by atoms with E-state index in [0.29, 0.717) is 28.5 Å². The maximum atomic E-state index is 11.8. The molecule has 31 heavy (non-hydrogen) atoms. The molecular weight excluding hydrogens is 386 g/mol. The Morgan fingerprint density at radius 2 is 1.74 bits per heavy atom. The second-order valence-corrected chi connectivity index (χ2v) is 10.4. The fourth-order valence-electron chi connectivity index (χ4n) is 7.72. The van der Waals surface area contributed by atoms with Gasteiger partial charge in [-0.1, -0.05) is 36.8 Å². The number of fused-ring (bicyclic) bond motifs is 2. The molecule has 1 aromatic heterocycles. The van der Waals surface area contributed by atoms with Crippen LogP contribution >= 0.6 is 0 Å². The number of nitrogens with zero attached hydrogens (tertiary/aromatic N) is 2. The van der Waals surface area contributed by atoms with E-state index >= 15 is 0 Å². The van der Waals surface area contributed by atoms with Crippen molar-refractivity contribution in [1.82, 2.24) is 9.88 Å². The Bertz CT molecular complexity index is 987. The fraction of sp³-hybridized carbons (Fsp3) is 0.538. The maximum Gasteiger partial charge on any atom is 0.267 e. The number of hydrogen-bond donors (Lipinski definition) is 1. The highest BCUT2D eigenvalue weighted by Crippen LogP contribution is 2.71. The van der Waals surface area contributed by atoms with Crippen LogP contribution in [0.4, 0.5) is 0 Å². The molecule has 2 atom stereocenters. The summed E-state index contributed by atoms with van der Waals surface area (Å²) in [6, 6.07) is 15.0. The fourth-order valence-corrected chi connectivity index (χ4v) is 7.72. The monoisotopic (exact) mass is 417 g/mol. The van der Waals surface area contributed by atoms with Gasteiger partial charge in [0.25, 0.3) is 5.91 Å². The van der Waals surface area contributed by atoms with Crippen molar-refractivity contribution >= 4 is 5.91 Å². The van der Waals surface area contributed by atoms with Gasteiger partial charge in [0.05, 0.1) is 0 Å². The van der Waals surface area contributed by atoms with Gasteiger partial charge in [0.1, 0.15) is 11.3 Å². The van der Waals surface area contributed by atoms with E-state index in [1.807, 2.05) is 19.2 Å². The summed E-state index contributed by atoms with van der Waals surface area (Å²) in [6.07, 6.45) is 9.18. The van der Waals surface area contributed by atoms with E-state index in [1.165, 1.54) is 31.2 Å². The van der Waals surface area contributed by atoms with Crippen LogP contribution in [0.5, 0.6) is 0 Å². The number of carbonyl (C=O) groups excluding carboxylic acids is 1. The molecule has 5 heteroatoms. The van der Waals surface area contributed by atoms with E-state index in [1.54, 1.807) is 6.20 Å². The third-order valence-corrected chi connectivity index (χ3v) is 9.06. The molecule has 7 rings (SSSR count). The molecule has 1 amide bonds. The first-order valence-electron chi connectivity index (χ1n) is 11.6. The molecule has 4 saturated carbocycles. The number of pyridine rings is 1. The highest BCUT2D eigenvalue weighted by Gasteiger charge is 2.72. The molecule has 0 spiro atoms. The van der Waals surface area contributed by atoms with Crippen LogP contribution in [-0.2, 0) is 15.8 Å². The summed E-state index contributed by atoms with van der Waals surface area (Å²) < 4.78 is 6.37. The molecule has 162 valence electrons. The van der Waals surface area contributed by atoms with Gasteiger partial charge < -0.3 is 10.5 Å². The summed E-state index contributed by atoms with van der Waals surface area (Å²) in [5.74, 6) is 0.375. The van der Waals surface area contributed by atoms with Crippen LogP contribution in [0.15, 0.2) is 48.7 Å². The number of primary amides is 1. The summed E-state index contributed by atoms with van der Waals surface area (Å²) in [5, 5.41) is 0. The van der Waals surface area contributed by atoms with E-state index < -0.39 is 5.91 Å². The van der Waals surface area contributed by atoms with Gasteiger partial charge in [0.2, 0.25) is 0 Å². The standard InChI is InChI=1S/C26H31N3O2/c1-31-26(19-10-11-28-22(12-19)23(27)30)20-8-5-9-21(26)14-29(13-20)25-15-24(16-25,17-25)18-6-3-2-4-7-18/h2-4,6-7,10-12,20-21H,5,8-9,13-17H2,1H3,(H2,27,30). The number of ether oxygens (including phenoxy) is 1. The normalized spacial score (nSPS) is 38.7. The lowest BCUT2D eigenvalue weighted by Gasteiger charge is -2.76. The van der Waals surface area contributed by atoms with Crippen molar-refractivity contribution in [3.8, 4) is 0 Å². The van der Waals surface area contributed by atoms with Crippen molar-refractivity contribution in [2.24, 2.45) is 17.6 Å². The highest BCUT2D eigenvalue weighted by molar-refractivity contribution is 5.90. The lowest BCUT2D eigenvalue weighted by atomic mass is 9.36. The van der Waals surface area contributed by atoms with Gasteiger partial charge in [-0.2, -0.15) is 0 Å². The molecule has 1 aromatic carbocycles. The number of rotatable bonds is 5. The Kier molecular flexibility index (Phi) is 4.16. The zero-order valence-electron chi connectivity index (χ0n) is 18.2. The summed E-state index contributed by atoms with van der Waals surface area (Å²) in [7, 11) is 1.84. The SMILES string of the molecule is COC1(c2ccnc(C(N)=O)c2)C2CCCC1CN(C13CC(c4ccccc4)(C1)C3)C2. The Labute approximate surface area is 184 Å². The van der Waals surface area contributed by atoms with E-state index in [2.05, 4.69) is 40.2 Å². The number of methoxy groups -OCH3 is 1. The number of carbonyl (C=O) groups is 1. The number of benzene rings is 1. The molecule has 2 aromatic rings. The second-order valence-electron chi connectivity index (χ2n) is 10.4. The minimum Gasteiger partial charge on any atom is -0.373 e. The van der Waals surface area contributed by atoms with E-state index in [9.17, 15) is 4.79 Å². The van der Waals surface area contributed by atoms with Crippen LogP contribution in [0.1, 0.15) is 60.1 Å². The molecule has 5 aliphatic rings. The number of piperidine rings is 1. The zero-order chi connectivity index (χ0) is 21.3. The first kappa shape index (κ1) is 19.4. The van der Waals surface area contributed by atoms with Crippen molar-refractivity contribution in [3.05, 3.63) is 65.5 Å². The lowest BCUT2D eigenvalue weighted by molar-refractivity contribution is -0.236. The molecule has 4 bridgehead atoms. The van der Waals surface area contributed by atoms with Crippen molar-refractivity contribution in [3.63, 3.8) is 0 Å². The summed E-state index contributed by atoms with van der Waals surface area (Å²) in [6.45, 7) is 2.15. The number of amides is 1. The van der Waals surface area contributed by atoms with Gasteiger partial charge in [-0.25, -0.2) is 0 Å². The van der Waals surface area contributed by atoms with Crippen LogP contribution in [0.3, 0.4) is 0 Å². The summed E-state index contributed by atoms with van der Waals surface area (Å²) in [5.41, 5.74) is 8.93. The lowest BCUT2D eigenvalue weighted by Crippen LogP contribution is -2.79. The summed E-state index contributed by atoms with van der Waals surface area (Å²) in [4.78, 5) is 18.7. The minimum absolute atomic E-state index is 0.332. The van der Waals surface area contributed by atoms with Crippen molar-refractivity contribution in [1.29, 1.82) is 0 Å². The Morgan fingerprint density at radius 3 is 2.35 bits per heavy atom. The predicted molar refractivity (Wildman–Crippen MR) is 119 cm³/mol. The topological polar surface area (TPSA) is 68.5 Å². The van der Waals surface area contributed by atoms with Crippen molar-refractivity contribution in [2.45, 2.75) is 55.1 Å². The van der Waals surface area contributed by atoms with Crippen LogP contribution in [-0.4, -0.2) is 41.5 Å². The first-order chi connectivity index (χ1) is 15.0. The van der Waals surface area contributed by atoms with Gasteiger partial charge in [0, 0.05) is 49.2 Å². The Balaban J connectivity index is 1.27. The third kappa shape index (κ3) is 2.56. The zero-order valence-corrected chi connectivity index (χ0v) is 18.2. The molecule has 1 aliphatic heterocycles. The summed E-state index contributed by atoms with van der Waals surface area (Å²) >= 11 is 0. The van der Waals surface area contributed by atoms with E-state index in [-0.39, 0.29) is 5.60 Å². The van der Waals surface area contributed by atoms with Gasteiger partial charge in [-0.05, 0) is 55.4 Å². The first-order valence-corrected chi connectivity index (χ1v) is 11.6. The number of hydrogen-bond acceptors (Lipinski definition) is 4.